The quantitative estimate of drug-likeness (QED) is 0.873. The normalized spacial score (nSPS) is 20.7. The first-order chi connectivity index (χ1) is 12.6. The second kappa shape index (κ2) is 6.99. The molecule has 4 rings (SSSR count). The summed E-state index contributed by atoms with van der Waals surface area (Å²) in [6.45, 7) is 2.85. The number of piperidine rings is 1. The first kappa shape index (κ1) is 16.9. The van der Waals surface area contributed by atoms with Crippen LogP contribution in [0, 0.1) is 5.92 Å². The van der Waals surface area contributed by atoms with Gasteiger partial charge in [0.25, 0.3) is 5.56 Å². The number of carbonyl (C=O) groups is 1. The van der Waals surface area contributed by atoms with Gasteiger partial charge >= 0.3 is 0 Å². The van der Waals surface area contributed by atoms with Gasteiger partial charge in [-0.05, 0) is 45.0 Å². The predicted octanol–water partition coefficient (Wildman–Crippen LogP) is 1.06. The van der Waals surface area contributed by atoms with E-state index in [1.807, 2.05) is 23.1 Å². The Labute approximate surface area is 152 Å². The van der Waals surface area contributed by atoms with Gasteiger partial charge in [-0.2, -0.15) is 0 Å². The first-order valence-corrected chi connectivity index (χ1v) is 9.12. The number of carbonyl (C=O) groups excluding carboxylic acids is 1. The fourth-order valence-corrected chi connectivity index (χ4v) is 3.88. The van der Waals surface area contributed by atoms with Gasteiger partial charge in [0, 0.05) is 24.8 Å². The monoisotopic (exact) mass is 353 g/mol. The van der Waals surface area contributed by atoms with E-state index in [1.54, 1.807) is 6.20 Å². The highest BCUT2D eigenvalue weighted by Crippen LogP contribution is 2.22. The number of likely N-dealkylation sites (tertiary alicyclic amines) is 1. The fraction of sp³-hybridized carbons (Fsp3) is 0.474. The molecule has 0 unspecified atom stereocenters. The van der Waals surface area contributed by atoms with Crippen molar-refractivity contribution in [2.24, 2.45) is 5.92 Å². The van der Waals surface area contributed by atoms with Crippen molar-refractivity contribution in [3.8, 4) is 11.5 Å². The average molecular weight is 353 g/mol. The molecule has 0 saturated carbocycles. The van der Waals surface area contributed by atoms with Crippen LogP contribution in [0.4, 0.5) is 0 Å². The van der Waals surface area contributed by atoms with Gasteiger partial charge in [-0.1, -0.05) is 6.07 Å². The van der Waals surface area contributed by atoms with Crippen molar-refractivity contribution in [1.82, 2.24) is 24.8 Å². The van der Waals surface area contributed by atoms with Gasteiger partial charge in [0.2, 0.25) is 5.91 Å². The van der Waals surface area contributed by atoms with E-state index in [1.165, 1.54) is 0 Å². The number of hydrogen-bond acceptors (Lipinski definition) is 5. The first-order valence-electron chi connectivity index (χ1n) is 9.12. The summed E-state index contributed by atoms with van der Waals surface area (Å²) in [7, 11) is 2.06. The van der Waals surface area contributed by atoms with E-state index >= 15 is 0 Å². The van der Waals surface area contributed by atoms with Crippen molar-refractivity contribution in [3.63, 3.8) is 0 Å². The third-order valence-corrected chi connectivity index (χ3v) is 5.27. The molecule has 2 aromatic rings. The van der Waals surface area contributed by atoms with Crippen LogP contribution in [0.1, 0.15) is 24.1 Å². The highest BCUT2D eigenvalue weighted by molar-refractivity contribution is 5.79. The number of nitrogens with one attached hydrogen (secondary N) is 1. The Bertz CT molecular complexity index is 864. The molecule has 0 radical (unpaired) electrons. The number of H-pyrrole nitrogens is 1. The predicted molar refractivity (Wildman–Crippen MR) is 97.4 cm³/mol. The minimum Gasteiger partial charge on any atom is -0.336 e. The second-order valence-corrected chi connectivity index (χ2v) is 7.17. The van der Waals surface area contributed by atoms with Crippen molar-refractivity contribution < 1.29 is 4.79 Å². The fourth-order valence-electron chi connectivity index (χ4n) is 3.88. The Morgan fingerprint density at radius 3 is 2.96 bits per heavy atom. The van der Waals surface area contributed by atoms with E-state index in [2.05, 4.69) is 26.9 Å². The summed E-state index contributed by atoms with van der Waals surface area (Å²) in [6.07, 6.45) is 4.21. The SMILES string of the molecule is CN1CCC[C@@H](C(=O)N2CCc3c(nc(-c4ccccn4)[nH]c3=O)C2)C1. The number of amides is 1. The Morgan fingerprint density at radius 2 is 2.19 bits per heavy atom. The van der Waals surface area contributed by atoms with Crippen molar-refractivity contribution >= 4 is 5.91 Å². The van der Waals surface area contributed by atoms with Crippen LogP contribution in [0.25, 0.3) is 11.5 Å². The molecule has 1 saturated heterocycles. The largest absolute Gasteiger partial charge is 0.336 e. The number of nitrogens with zero attached hydrogens (tertiary/aromatic N) is 4. The molecule has 1 fully saturated rings. The third-order valence-electron chi connectivity index (χ3n) is 5.27. The molecular formula is C19H23N5O2. The number of rotatable bonds is 2. The van der Waals surface area contributed by atoms with Gasteiger partial charge in [-0.25, -0.2) is 4.98 Å². The molecule has 7 heteroatoms. The molecule has 1 amide bonds. The number of aromatic amines is 1. The van der Waals surface area contributed by atoms with Crippen LogP contribution in [0.5, 0.6) is 0 Å². The molecule has 2 aliphatic rings. The van der Waals surface area contributed by atoms with Crippen LogP contribution in [0.3, 0.4) is 0 Å². The molecule has 1 N–H and O–H groups in total. The van der Waals surface area contributed by atoms with Crippen LogP contribution in [0.2, 0.25) is 0 Å². The molecule has 0 bridgehead atoms. The Balaban J connectivity index is 1.58. The zero-order valence-corrected chi connectivity index (χ0v) is 14.9. The highest BCUT2D eigenvalue weighted by atomic mass is 16.2. The molecule has 0 spiro atoms. The molecule has 0 aromatic carbocycles. The molecule has 0 aliphatic carbocycles. The zero-order chi connectivity index (χ0) is 18.1. The minimum absolute atomic E-state index is 0.0487. The smallest absolute Gasteiger partial charge is 0.254 e. The van der Waals surface area contributed by atoms with E-state index in [-0.39, 0.29) is 17.4 Å². The van der Waals surface area contributed by atoms with Gasteiger partial charge in [0.1, 0.15) is 5.69 Å². The lowest BCUT2D eigenvalue weighted by Crippen LogP contribution is -2.46. The Kier molecular flexibility index (Phi) is 4.55. The van der Waals surface area contributed by atoms with Crippen molar-refractivity contribution in [1.29, 1.82) is 0 Å². The van der Waals surface area contributed by atoms with Gasteiger partial charge < -0.3 is 14.8 Å². The van der Waals surface area contributed by atoms with Crippen LogP contribution in [0.15, 0.2) is 29.2 Å². The summed E-state index contributed by atoms with van der Waals surface area (Å²) >= 11 is 0. The zero-order valence-electron chi connectivity index (χ0n) is 14.9. The van der Waals surface area contributed by atoms with Crippen LogP contribution in [-0.2, 0) is 17.8 Å². The summed E-state index contributed by atoms with van der Waals surface area (Å²) in [6, 6.07) is 5.49. The van der Waals surface area contributed by atoms with E-state index in [4.69, 9.17) is 0 Å². The number of fused-ring (bicyclic) bond motifs is 1. The number of aromatic nitrogens is 3. The third kappa shape index (κ3) is 3.26. The summed E-state index contributed by atoms with van der Waals surface area (Å²) in [5, 5.41) is 0. The van der Waals surface area contributed by atoms with Crippen LogP contribution >= 0.6 is 0 Å². The lowest BCUT2D eigenvalue weighted by Gasteiger charge is -2.35. The minimum atomic E-state index is -0.125. The molecule has 26 heavy (non-hydrogen) atoms. The number of pyridine rings is 1. The standard InChI is InChI=1S/C19H23N5O2/c1-23-9-4-5-13(11-23)19(26)24-10-7-14-16(12-24)21-17(22-18(14)25)15-6-2-3-8-20-15/h2-3,6,8,13H,4-5,7,9-12H2,1H3,(H,21,22,25)/t13-/m1/s1. The molecule has 2 aliphatic heterocycles. The van der Waals surface area contributed by atoms with Gasteiger partial charge in [-0.15, -0.1) is 0 Å². The van der Waals surface area contributed by atoms with Crippen molar-refractivity contribution in [2.45, 2.75) is 25.8 Å². The molecule has 1 atom stereocenters. The lowest BCUT2D eigenvalue weighted by atomic mass is 9.95. The average Bonchev–Trinajstić information content (AvgIpc) is 2.67. The summed E-state index contributed by atoms with van der Waals surface area (Å²) in [4.78, 5) is 41.1. The van der Waals surface area contributed by atoms with E-state index in [0.717, 1.165) is 25.9 Å². The van der Waals surface area contributed by atoms with Gasteiger partial charge in [0.05, 0.1) is 18.2 Å². The molecule has 7 nitrogen and oxygen atoms in total. The van der Waals surface area contributed by atoms with Crippen molar-refractivity contribution in [3.05, 3.63) is 46.0 Å². The van der Waals surface area contributed by atoms with E-state index in [9.17, 15) is 9.59 Å². The van der Waals surface area contributed by atoms with Gasteiger partial charge in [-0.3, -0.25) is 14.6 Å². The molecule has 2 aromatic heterocycles. The van der Waals surface area contributed by atoms with Gasteiger partial charge in [0.15, 0.2) is 5.82 Å². The summed E-state index contributed by atoms with van der Waals surface area (Å²) < 4.78 is 0. The Hall–Kier alpha value is -2.54. The Morgan fingerprint density at radius 1 is 1.31 bits per heavy atom. The van der Waals surface area contributed by atoms with Crippen LogP contribution in [-0.4, -0.2) is 57.3 Å². The maximum atomic E-state index is 12.9. The summed E-state index contributed by atoms with van der Waals surface area (Å²) in [5.74, 6) is 0.692. The topological polar surface area (TPSA) is 82.2 Å². The maximum Gasteiger partial charge on any atom is 0.254 e. The van der Waals surface area contributed by atoms with Crippen LogP contribution < -0.4 is 5.56 Å². The maximum absolute atomic E-state index is 12.9. The summed E-state index contributed by atoms with van der Waals surface area (Å²) in [5.41, 5.74) is 1.89. The van der Waals surface area contributed by atoms with E-state index < -0.39 is 0 Å². The lowest BCUT2D eigenvalue weighted by molar-refractivity contribution is -0.138. The van der Waals surface area contributed by atoms with E-state index in [0.29, 0.717) is 42.3 Å². The number of hydrogen-bond donors (Lipinski definition) is 1. The van der Waals surface area contributed by atoms with Crippen molar-refractivity contribution in [2.75, 3.05) is 26.7 Å². The molecular weight excluding hydrogens is 330 g/mol. The molecule has 136 valence electrons. The highest BCUT2D eigenvalue weighted by Gasteiger charge is 2.31. The second-order valence-electron chi connectivity index (χ2n) is 7.17. The molecule has 4 heterocycles.